The van der Waals surface area contributed by atoms with Crippen LogP contribution in [0.2, 0.25) is 0 Å². The molecule has 31 heavy (non-hydrogen) atoms. The van der Waals surface area contributed by atoms with Gasteiger partial charge in [-0.3, -0.25) is 0 Å². The van der Waals surface area contributed by atoms with E-state index in [0.717, 1.165) is 16.9 Å². The van der Waals surface area contributed by atoms with Crippen LogP contribution in [0.25, 0.3) is 6.08 Å². The highest BCUT2D eigenvalue weighted by molar-refractivity contribution is 7.92. The largest absolute Gasteiger partial charge is 0.354 e. The van der Waals surface area contributed by atoms with E-state index in [0.29, 0.717) is 37.8 Å². The number of anilines is 3. The number of pyridine rings is 1. The normalized spacial score (nSPS) is 15.3. The first-order valence-corrected chi connectivity index (χ1v) is 11.5. The molecule has 9 heteroatoms. The summed E-state index contributed by atoms with van der Waals surface area (Å²) in [6.45, 7) is 3.90. The second kappa shape index (κ2) is 9.23. The number of nitrogens with one attached hydrogen (secondary N) is 1. The van der Waals surface area contributed by atoms with E-state index < -0.39 is 10.0 Å². The number of hydrogen-bond donors (Lipinski definition) is 1. The first-order chi connectivity index (χ1) is 15.0. The minimum atomic E-state index is -3.47. The van der Waals surface area contributed by atoms with Crippen molar-refractivity contribution in [2.75, 3.05) is 36.4 Å². The second-order valence-corrected chi connectivity index (χ2v) is 9.06. The average Bonchev–Trinajstić information content (AvgIpc) is 2.80. The van der Waals surface area contributed by atoms with Crippen LogP contribution in [-0.2, 0) is 10.0 Å². The molecule has 1 aliphatic heterocycles. The maximum atomic E-state index is 12.7. The molecular formula is C22H24N6O2S. The monoisotopic (exact) mass is 436 g/mol. The number of nitrogens with zero attached hydrogens (tertiary/aromatic N) is 5. The first-order valence-electron chi connectivity index (χ1n) is 9.99. The molecule has 0 bridgehead atoms. The number of rotatable bonds is 6. The van der Waals surface area contributed by atoms with Crippen LogP contribution in [0.4, 0.5) is 17.5 Å². The summed E-state index contributed by atoms with van der Waals surface area (Å²) in [4.78, 5) is 14.9. The van der Waals surface area contributed by atoms with E-state index in [1.165, 1.54) is 16.0 Å². The maximum Gasteiger partial charge on any atom is 0.236 e. The minimum absolute atomic E-state index is 0.396. The molecule has 2 aromatic heterocycles. The Morgan fingerprint density at radius 2 is 1.71 bits per heavy atom. The maximum absolute atomic E-state index is 12.7. The molecule has 0 spiro atoms. The van der Waals surface area contributed by atoms with Crippen LogP contribution >= 0.6 is 0 Å². The van der Waals surface area contributed by atoms with Crippen LogP contribution < -0.4 is 10.2 Å². The van der Waals surface area contributed by atoms with Gasteiger partial charge in [-0.1, -0.05) is 35.9 Å². The zero-order valence-corrected chi connectivity index (χ0v) is 18.0. The third kappa shape index (κ3) is 5.44. The van der Waals surface area contributed by atoms with E-state index in [4.69, 9.17) is 0 Å². The van der Waals surface area contributed by atoms with Gasteiger partial charge in [0, 0.05) is 43.9 Å². The highest BCUT2D eigenvalue weighted by atomic mass is 32.2. The van der Waals surface area contributed by atoms with E-state index in [1.54, 1.807) is 12.3 Å². The number of benzene rings is 1. The molecule has 0 atom stereocenters. The fraction of sp³-hybridized carbons (Fsp3) is 0.227. The van der Waals surface area contributed by atoms with Crippen molar-refractivity contribution in [1.29, 1.82) is 0 Å². The van der Waals surface area contributed by atoms with Gasteiger partial charge in [0.05, 0.1) is 0 Å². The molecule has 1 fully saturated rings. The van der Waals surface area contributed by atoms with Gasteiger partial charge in [0.15, 0.2) is 0 Å². The predicted octanol–water partition coefficient (Wildman–Crippen LogP) is 3.05. The van der Waals surface area contributed by atoms with Crippen molar-refractivity contribution >= 4 is 33.6 Å². The minimum Gasteiger partial charge on any atom is -0.354 e. The van der Waals surface area contributed by atoms with Crippen LogP contribution in [0.1, 0.15) is 11.1 Å². The molecule has 1 saturated heterocycles. The van der Waals surface area contributed by atoms with Crippen LogP contribution in [0.3, 0.4) is 0 Å². The lowest BCUT2D eigenvalue weighted by atomic mass is 10.2. The Kier molecular flexibility index (Phi) is 6.24. The molecule has 0 unspecified atom stereocenters. The number of aromatic nitrogens is 3. The molecule has 1 aromatic carbocycles. The van der Waals surface area contributed by atoms with Gasteiger partial charge in [-0.05, 0) is 30.7 Å². The van der Waals surface area contributed by atoms with E-state index in [-0.39, 0.29) is 0 Å². The van der Waals surface area contributed by atoms with E-state index >= 15 is 0 Å². The molecule has 0 amide bonds. The van der Waals surface area contributed by atoms with Gasteiger partial charge in [0.25, 0.3) is 0 Å². The van der Waals surface area contributed by atoms with E-state index in [1.807, 2.05) is 55.5 Å². The van der Waals surface area contributed by atoms with Gasteiger partial charge in [-0.15, -0.1) is 0 Å². The van der Waals surface area contributed by atoms with Gasteiger partial charge in [-0.25, -0.2) is 23.4 Å². The fourth-order valence-corrected chi connectivity index (χ4v) is 4.43. The zero-order valence-electron chi connectivity index (χ0n) is 17.2. The molecule has 0 aliphatic carbocycles. The van der Waals surface area contributed by atoms with Crippen molar-refractivity contribution < 1.29 is 8.42 Å². The average molecular weight is 437 g/mol. The summed E-state index contributed by atoms with van der Waals surface area (Å²) in [5, 5.41) is 4.43. The molecule has 4 rings (SSSR count). The lowest BCUT2D eigenvalue weighted by Gasteiger charge is -2.34. The van der Waals surface area contributed by atoms with Gasteiger partial charge >= 0.3 is 0 Å². The van der Waals surface area contributed by atoms with Crippen LogP contribution in [0.15, 0.2) is 66.5 Å². The van der Waals surface area contributed by atoms with Crippen molar-refractivity contribution in [3.63, 3.8) is 0 Å². The predicted molar refractivity (Wildman–Crippen MR) is 122 cm³/mol. The summed E-state index contributed by atoms with van der Waals surface area (Å²) in [5.74, 6) is 2.09. The Bertz CT molecular complexity index is 1140. The number of hydrogen-bond acceptors (Lipinski definition) is 7. The van der Waals surface area contributed by atoms with Gasteiger partial charge < -0.3 is 10.2 Å². The van der Waals surface area contributed by atoms with E-state index in [2.05, 4.69) is 25.2 Å². The van der Waals surface area contributed by atoms with Crippen molar-refractivity contribution in [3.8, 4) is 0 Å². The Morgan fingerprint density at radius 3 is 2.42 bits per heavy atom. The SMILES string of the molecule is Cc1ccc(/C=C/S(=O)(=O)N2CCN(c3cc(Nc4ccccn4)ncn3)CC2)cc1. The summed E-state index contributed by atoms with van der Waals surface area (Å²) < 4.78 is 26.9. The summed E-state index contributed by atoms with van der Waals surface area (Å²) in [6.07, 6.45) is 4.84. The lowest BCUT2D eigenvalue weighted by molar-refractivity contribution is 0.389. The number of piperazine rings is 1. The first kappa shape index (κ1) is 21.0. The van der Waals surface area contributed by atoms with Gasteiger partial charge in [0.2, 0.25) is 10.0 Å². The van der Waals surface area contributed by atoms with Crippen LogP contribution in [0.5, 0.6) is 0 Å². The summed E-state index contributed by atoms with van der Waals surface area (Å²) in [5.41, 5.74) is 2.00. The highest BCUT2D eigenvalue weighted by Gasteiger charge is 2.25. The third-order valence-corrected chi connectivity index (χ3v) is 6.57. The topological polar surface area (TPSA) is 91.3 Å². The van der Waals surface area contributed by atoms with Crippen molar-refractivity contribution in [2.45, 2.75) is 6.92 Å². The van der Waals surface area contributed by atoms with Crippen molar-refractivity contribution in [1.82, 2.24) is 19.3 Å². The van der Waals surface area contributed by atoms with Gasteiger partial charge in [-0.2, -0.15) is 4.31 Å². The molecule has 1 N–H and O–H groups in total. The van der Waals surface area contributed by atoms with Crippen LogP contribution in [-0.4, -0.2) is 53.9 Å². The summed E-state index contributed by atoms with van der Waals surface area (Å²) >= 11 is 0. The Labute approximate surface area is 182 Å². The zero-order chi connectivity index (χ0) is 21.7. The third-order valence-electron chi connectivity index (χ3n) is 5.01. The van der Waals surface area contributed by atoms with E-state index in [9.17, 15) is 8.42 Å². The second-order valence-electron chi connectivity index (χ2n) is 7.25. The van der Waals surface area contributed by atoms with Crippen LogP contribution in [0, 0.1) is 6.92 Å². The molecule has 0 saturated carbocycles. The molecular weight excluding hydrogens is 412 g/mol. The Morgan fingerprint density at radius 1 is 0.935 bits per heavy atom. The highest BCUT2D eigenvalue weighted by Crippen LogP contribution is 2.20. The molecule has 0 radical (unpaired) electrons. The summed E-state index contributed by atoms with van der Waals surface area (Å²) in [6, 6.07) is 15.2. The quantitative estimate of drug-likeness (QED) is 0.635. The molecule has 3 aromatic rings. The fourth-order valence-electron chi connectivity index (χ4n) is 3.26. The Balaban J connectivity index is 1.38. The number of sulfonamides is 1. The molecule has 1 aliphatic rings. The van der Waals surface area contributed by atoms with Gasteiger partial charge in [0.1, 0.15) is 23.8 Å². The van der Waals surface area contributed by atoms with Crippen molar-refractivity contribution in [2.24, 2.45) is 0 Å². The lowest BCUT2D eigenvalue weighted by Crippen LogP contribution is -2.48. The van der Waals surface area contributed by atoms with Crippen molar-refractivity contribution in [3.05, 3.63) is 77.6 Å². The molecule has 8 nitrogen and oxygen atoms in total. The summed E-state index contributed by atoms with van der Waals surface area (Å²) in [7, 11) is -3.47. The molecule has 3 heterocycles. The Hall–Kier alpha value is -3.30. The number of aryl methyl sites for hydroxylation is 1. The smallest absolute Gasteiger partial charge is 0.236 e. The molecule has 160 valence electrons. The standard InChI is InChI=1S/C22H24N6O2S/c1-18-5-7-19(8-6-18)9-15-31(29,30)28-13-11-27(12-14-28)22-16-21(24-17-25-22)26-20-4-2-3-10-23-20/h2-10,15-17H,11-14H2,1H3,(H,23,24,25,26)/b15-9+.